The number of rotatable bonds is 4. The molecule has 2 aliphatic rings. The number of esters is 1. The molecule has 0 radical (unpaired) electrons. The molecule has 1 heterocycles. The second-order valence-corrected chi connectivity index (χ2v) is 7.55. The molecule has 1 N–H and O–H groups in total. The smallest absolute Gasteiger partial charge is 0.356 e. The van der Waals surface area contributed by atoms with E-state index >= 15 is 0 Å². The van der Waals surface area contributed by atoms with Gasteiger partial charge in [0.1, 0.15) is 5.69 Å². The zero-order chi connectivity index (χ0) is 16.4. The third kappa shape index (κ3) is 3.14. The lowest BCUT2D eigenvalue weighted by atomic mass is 9.62. The summed E-state index contributed by atoms with van der Waals surface area (Å²) in [5, 5.41) is 10.3. The van der Waals surface area contributed by atoms with E-state index in [0.29, 0.717) is 30.1 Å². The van der Waals surface area contributed by atoms with Gasteiger partial charge in [0.05, 0.1) is 12.7 Å². The molecule has 5 atom stereocenters. The fourth-order valence-electron chi connectivity index (χ4n) is 5.00. The first-order valence-electron chi connectivity index (χ1n) is 8.78. The van der Waals surface area contributed by atoms with Gasteiger partial charge in [0.25, 0.3) is 0 Å². The highest BCUT2D eigenvalue weighted by atomic mass is 16.5. The number of aliphatic hydroxyl groups is 1. The fraction of sp³-hybridized carbons (Fsp3) is 0.684. The van der Waals surface area contributed by atoms with Crippen molar-refractivity contribution < 1.29 is 14.6 Å². The zero-order valence-electron chi connectivity index (χ0n) is 14.1. The van der Waals surface area contributed by atoms with Crippen molar-refractivity contribution in [2.45, 2.75) is 52.1 Å². The molecule has 0 amide bonds. The van der Waals surface area contributed by atoms with Crippen molar-refractivity contribution in [1.82, 2.24) is 4.98 Å². The average molecular weight is 317 g/mol. The van der Waals surface area contributed by atoms with Gasteiger partial charge in [0.15, 0.2) is 0 Å². The van der Waals surface area contributed by atoms with Crippen LogP contribution in [0.4, 0.5) is 0 Å². The molecule has 2 saturated carbocycles. The Hall–Kier alpha value is -1.42. The summed E-state index contributed by atoms with van der Waals surface area (Å²) >= 11 is 0. The van der Waals surface area contributed by atoms with E-state index in [9.17, 15) is 9.90 Å². The van der Waals surface area contributed by atoms with Gasteiger partial charge < -0.3 is 9.84 Å². The minimum atomic E-state index is -0.346. The summed E-state index contributed by atoms with van der Waals surface area (Å²) < 4.78 is 5.49. The second-order valence-electron chi connectivity index (χ2n) is 7.55. The maximum atomic E-state index is 12.1. The summed E-state index contributed by atoms with van der Waals surface area (Å²) in [5.74, 6) is 0.887. The normalized spacial score (nSPS) is 34.7. The predicted octanol–water partition coefficient (Wildman–Crippen LogP) is 3.45. The van der Waals surface area contributed by atoms with Crippen LogP contribution in [-0.2, 0) is 4.74 Å². The third-order valence-electron chi connectivity index (χ3n) is 6.20. The molecule has 0 saturated heterocycles. The van der Waals surface area contributed by atoms with Crippen LogP contribution in [0.15, 0.2) is 24.4 Å². The minimum Gasteiger partial charge on any atom is -0.461 e. The monoisotopic (exact) mass is 317 g/mol. The number of hydrogen-bond acceptors (Lipinski definition) is 4. The van der Waals surface area contributed by atoms with E-state index in [2.05, 4.69) is 18.8 Å². The Kier molecular flexibility index (Phi) is 4.72. The molecule has 1 aromatic heterocycles. The molecule has 23 heavy (non-hydrogen) atoms. The van der Waals surface area contributed by atoms with Crippen molar-refractivity contribution in [3.8, 4) is 0 Å². The number of aromatic nitrogens is 1. The number of aliphatic hydroxyl groups excluding tert-OH is 1. The molecule has 2 fully saturated rings. The first kappa shape index (κ1) is 16.4. The van der Waals surface area contributed by atoms with Crippen LogP contribution in [0, 0.1) is 23.2 Å². The lowest BCUT2D eigenvalue weighted by molar-refractivity contribution is -0.0347. The van der Waals surface area contributed by atoms with E-state index in [1.807, 2.05) is 0 Å². The molecular weight excluding hydrogens is 290 g/mol. The summed E-state index contributed by atoms with van der Waals surface area (Å²) in [6.07, 6.45) is 6.90. The molecule has 4 heteroatoms. The Morgan fingerprint density at radius 1 is 1.43 bits per heavy atom. The molecule has 126 valence electrons. The van der Waals surface area contributed by atoms with Crippen molar-refractivity contribution in [3.05, 3.63) is 30.1 Å². The highest BCUT2D eigenvalue weighted by molar-refractivity contribution is 5.87. The van der Waals surface area contributed by atoms with Gasteiger partial charge in [0, 0.05) is 6.20 Å². The van der Waals surface area contributed by atoms with E-state index in [1.54, 1.807) is 24.4 Å². The maximum absolute atomic E-state index is 12.1. The SMILES string of the molecule is C[C@H](COC(=O)c1ccccn1)[C@H]1CC[C@H]2[C@@H](O)CCC[C@]12C. The molecule has 0 unspecified atom stereocenters. The molecule has 2 aliphatic carbocycles. The van der Waals surface area contributed by atoms with E-state index in [0.717, 1.165) is 25.7 Å². The molecule has 0 aromatic carbocycles. The van der Waals surface area contributed by atoms with Crippen LogP contribution in [0.2, 0.25) is 0 Å². The Labute approximate surface area is 138 Å². The summed E-state index contributed by atoms with van der Waals surface area (Å²) in [4.78, 5) is 16.1. The van der Waals surface area contributed by atoms with Crippen molar-refractivity contribution in [2.24, 2.45) is 23.2 Å². The van der Waals surface area contributed by atoms with Gasteiger partial charge in [-0.25, -0.2) is 9.78 Å². The van der Waals surface area contributed by atoms with E-state index in [4.69, 9.17) is 4.74 Å². The van der Waals surface area contributed by atoms with Crippen molar-refractivity contribution in [2.75, 3.05) is 6.61 Å². The van der Waals surface area contributed by atoms with Crippen LogP contribution in [0.3, 0.4) is 0 Å². The summed E-state index contributed by atoms with van der Waals surface area (Å²) in [6, 6.07) is 5.25. The highest BCUT2D eigenvalue weighted by Crippen LogP contribution is 2.57. The Morgan fingerprint density at radius 3 is 3.00 bits per heavy atom. The van der Waals surface area contributed by atoms with Crippen LogP contribution in [0.5, 0.6) is 0 Å². The summed E-state index contributed by atoms with van der Waals surface area (Å²) in [5.41, 5.74) is 0.553. The van der Waals surface area contributed by atoms with Crippen molar-refractivity contribution in [3.63, 3.8) is 0 Å². The summed E-state index contributed by atoms with van der Waals surface area (Å²) in [6.45, 7) is 4.93. The Balaban J connectivity index is 1.60. The quantitative estimate of drug-likeness (QED) is 0.864. The van der Waals surface area contributed by atoms with Gasteiger partial charge in [-0.1, -0.05) is 26.3 Å². The van der Waals surface area contributed by atoms with Crippen LogP contribution in [-0.4, -0.2) is 28.8 Å². The Bertz CT molecular complexity index is 547. The van der Waals surface area contributed by atoms with E-state index < -0.39 is 0 Å². The molecule has 1 aromatic rings. The number of nitrogens with zero attached hydrogens (tertiary/aromatic N) is 1. The van der Waals surface area contributed by atoms with Gasteiger partial charge in [0.2, 0.25) is 0 Å². The first-order chi connectivity index (χ1) is 11.0. The van der Waals surface area contributed by atoms with Crippen molar-refractivity contribution >= 4 is 5.97 Å². The molecular formula is C19H27NO3. The summed E-state index contributed by atoms with van der Waals surface area (Å²) in [7, 11) is 0. The molecule has 4 nitrogen and oxygen atoms in total. The van der Waals surface area contributed by atoms with E-state index in [-0.39, 0.29) is 17.5 Å². The van der Waals surface area contributed by atoms with Crippen LogP contribution in [0.25, 0.3) is 0 Å². The molecule has 0 spiro atoms. The maximum Gasteiger partial charge on any atom is 0.356 e. The second kappa shape index (κ2) is 6.60. The van der Waals surface area contributed by atoms with Crippen LogP contribution < -0.4 is 0 Å². The van der Waals surface area contributed by atoms with E-state index in [1.165, 1.54) is 6.42 Å². The predicted molar refractivity (Wildman–Crippen MR) is 87.9 cm³/mol. The number of hydrogen-bond donors (Lipinski definition) is 1. The van der Waals surface area contributed by atoms with Gasteiger partial charge in [-0.3, -0.25) is 0 Å². The third-order valence-corrected chi connectivity index (χ3v) is 6.20. The number of ether oxygens (including phenoxy) is 1. The number of carbonyl (C=O) groups excluding carboxylic acids is 1. The first-order valence-corrected chi connectivity index (χ1v) is 8.78. The highest BCUT2D eigenvalue weighted by Gasteiger charge is 2.52. The van der Waals surface area contributed by atoms with Gasteiger partial charge in [-0.05, 0) is 61.0 Å². The molecule has 3 rings (SSSR count). The number of fused-ring (bicyclic) bond motifs is 1. The lowest BCUT2D eigenvalue weighted by Crippen LogP contribution is -2.42. The van der Waals surface area contributed by atoms with Crippen LogP contribution >= 0.6 is 0 Å². The van der Waals surface area contributed by atoms with Crippen molar-refractivity contribution in [1.29, 1.82) is 0 Å². The topological polar surface area (TPSA) is 59.4 Å². The van der Waals surface area contributed by atoms with Gasteiger partial charge in [-0.2, -0.15) is 0 Å². The Morgan fingerprint density at radius 2 is 2.26 bits per heavy atom. The van der Waals surface area contributed by atoms with Crippen LogP contribution in [0.1, 0.15) is 56.4 Å². The lowest BCUT2D eigenvalue weighted by Gasteiger charge is -2.45. The average Bonchev–Trinajstić information content (AvgIpc) is 2.91. The van der Waals surface area contributed by atoms with Gasteiger partial charge >= 0.3 is 5.97 Å². The number of pyridine rings is 1. The minimum absolute atomic E-state index is 0.151. The molecule has 0 bridgehead atoms. The number of carbonyl (C=O) groups is 1. The van der Waals surface area contributed by atoms with Gasteiger partial charge in [-0.15, -0.1) is 0 Å². The standard InChI is InChI=1S/C19H27NO3/c1-13(12-23-18(22)16-6-3-4-11-20-16)14-8-9-15-17(21)7-5-10-19(14,15)2/h3-4,6,11,13-15,17,21H,5,7-10,12H2,1-2H3/t13-,14-,15+,17+,19-/m1/s1. The largest absolute Gasteiger partial charge is 0.461 e. The molecule has 0 aliphatic heterocycles. The zero-order valence-corrected chi connectivity index (χ0v) is 14.1. The fourth-order valence-corrected chi connectivity index (χ4v) is 5.00.